The van der Waals surface area contributed by atoms with Crippen LogP contribution in [-0.4, -0.2) is 17.8 Å². The van der Waals surface area contributed by atoms with Crippen LogP contribution >= 0.6 is 0 Å². The minimum absolute atomic E-state index is 0.642. The lowest BCUT2D eigenvalue weighted by Gasteiger charge is -2.04. The smallest absolute Gasteiger partial charge is 0.247 e. The summed E-state index contributed by atoms with van der Waals surface area (Å²) in [6.45, 7) is 7.58. The van der Waals surface area contributed by atoms with Gasteiger partial charge in [0.1, 0.15) is 12.4 Å². The first-order valence-electron chi connectivity index (χ1n) is 14.6. The second-order valence-corrected chi connectivity index (χ2v) is 9.88. The molecule has 0 unspecified atom stereocenters. The van der Waals surface area contributed by atoms with Gasteiger partial charge in [0.15, 0.2) is 13.5 Å². The topological polar surface area (TPSA) is 27.3 Å². The molecular weight excluding hydrogens is 408 g/mol. The van der Waals surface area contributed by atoms with E-state index in [2.05, 4.69) is 41.7 Å². The number of hydrogen-bond donors (Lipinski definition) is 0. The van der Waals surface area contributed by atoms with Crippen molar-refractivity contribution >= 4 is 0 Å². The summed E-state index contributed by atoms with van der Waals surface area (Å²) in [4.78, 5) is 0. The molecule has 0 N–H and O–H groups in total. The molecule has 0 saturated carbocycles. The van der Waals surface area contributed by atoms with Gasteiger partial charge in [-0.3, -0.25) is 0 Å². The molecule has 33 heavy (non-hydrogen) atoms. The van der Waals surface area contributed by atoms with E-state index in [-0.39, 0.29) is 0 Å². The molecule has 1 aromatic rings. The van der Waals surface area contributed by atoms with E-state index in [1.807, 2.05) is 0 Å². The molecule has 0 aliphatic carbocycles. The van der Waals surface area contributed by atoms with Crippen molar-refractivity contribution in [1.29, 1.82) is 0 Å². The van der Waals surface area contributed by atoms with E-state index >= 15 is 0 Å². The Morgan fingerprint density at radius 2 is 0.970 bits per heavy atom. The van der Waals surface area contributed by atoms with Gasteiger partial charge in [0, 0.05) is 0 Å². The van der Waals surface area contributed by atoms with Crippen molar-refractivity contribution in [2.24, 2.45) is 0 Å². The zero-order valence-corrected chi connectivity index (χ0v) is 22.4. The Morgan fingerprint density at radius 3 is 1.45 bits per heavy atom. The molecule has 0 atom stereocenters. The largest absolute Gasteiger partial charge is 0.342 e. The average molecular weight is 466 g/mol. The van der Waals surface area contributed by atoms with Crippen LogP contribution < -0.4 is 4.57 Å². The van der Waals surface area contributed by atoms with E-state index in [4.69, 9.17) is 9.47 Å². The Balaban J connectivity index is 1.84. The molecule has 0 aromatic carbocycles. The van der Waals surface area contributed by atoms with Gasteiger partial charge in [-0.2, -0.15) is 0 Å². The van der Waals surface area contributed by atoms with Gasteiger partial charge in [-0.1, -0.05) is 129 Å². The summed E-state index contributed by atoms with van der Waals surface area (Å²) >= 11 is 0. The Kier molecular flexibility index (Phi) is 22.2. The lowest BCUT2D eigenvalue weighted by Crippen LogP contribution is -2.32. The first-order chi connectivity index (χ1) is 16.4. The zero-order valence-electron chi connectivity index (χ0n) is 22.4. The Hall–Kier alpha value is -0.870. The van der Waals surface area contributed by atoms with Crippen molar-refractivity contribution < 1.29 is 14.0 Å². The fraction of sp³-hybridized carbons (Fsp3) is 0.897. The van der Waals surface area contributed by atoms with Gasteiger partial charge in [-0.05, 0) is 12.8 Å². The third-order valence-electron chi connectivity index (χ3n) is 6.51. The summed E-state index contributed by atoms with van der Waals surface area (Å²) in [6.07, 6.45) is 33.6. The minimum Gasteiger partial charge on any atom is -0.342 e. The number of unbranched alkanes of at least 4 members (excludes halogenated alkanes) is 18. The summed E-state index contributed by atoms with van der Waals surface area (Å²) in [7, 11) is 0. The van der Waals surface area contributed by atoms with Gasteiger partial charge in [-0.25, -0.2) is 9.13 Å². The molecule has 0 aliphatic rings. The fourth-order valence-corrected chi connectivity index (χ4v) is 4.31. The number of hydrogen-bond acceptors (Lipinski definition) is 2. The van der Waals surface area contributed by atoms with Crippen LogP contribution in [0.15, 0.2) is 18.7 Å². The van der Waals surface area contributed by atoms with Gasteiger partial charge in [0.05, 0.1) is 13.2 Å². The van der Waals surface area contributed by atoms with E-state index in [9.17, 15) is 0 Å². The van der Waals surface area contributed by atoms with Gasteiger partial charge >= 0.3 is 0 Å². The highest BCUT2D eigenvalue weighted by molar-refractivity contribution is 4.63. The molecule has 4 heteroatoms. The van der Waals surface area contributed by atoms with Crippen LogP contribution in [-0.2, 0) is 22.9 Å². The maximum atomic E-state index is 5.83. The summed E-state index contributed by atoms with van der Waals surface area (Å²) in [6, 6.07) is 0. The summed E-state index contributed by atoms with van der Waals surface area (Å²) in [5, 5.41) is 0. The quantitative estimate of drug-likeness (QED) is 0.101. The van der Waals surface area contributed by atoms with Crippen molar-refractivity contribution in [1.82, 2.24) is 4.57 Å². The van der Waals surface area contributed by atoms with Crippen molar-refractivity contribution in [3.8, 4) is 0 Å². The van der Waals surface area contributed by atoms with Crippen molar-refractivity contribution in [3.63, 3.8) is 0 Å². The fourth-order valence-electron chi connectivity index (χ4n) is 4.31. The van der Waals surface area contributed by atoms with Crippen molar-refractivity contribution in [3.05, 3.63) is 18.7 Å². The molecule has 0 aliphatic heterocycles. The van der Waals surface area contributed by atoms with Gasteiger partial charge in [0.2, 0.25) is 6.33 Å². The molecule has 0 bridgehead atoms. The molecule has 4 nitrogen and oxygen atoms in total. The SMILES string of the molecule is CCCCCCCCCCCCOCn1cc[n+](COCCCCCCCCCCCC)c1. The molecule has 0 radical (unpaired) electrons. The van der Waals surface area contributed by atoms with E-state index < -0.39 is 0 Å². The lowest BCUT2D eigenvalue weighted by atomic mass is 10.1. The number of nitrogens with zero attached hydrogens (tertiary/aromatic N) is 2. The van der Waals surface area contributed by atoms with Crippen LogP contribution in [0.25, 0.3) is 0 Å². The van der Waals surface area contributed by atoms with Crippen LogP contribution in [0, 0.1) is 0 Å². The van der Waals surface area contributed by atoms with Crippen LogP contribution in [0.4, 0.5) is 0 Å². The summed E-state index contributed by atoms with van der Waals surface area (Å²) in [5.41, 5.74) is 0. The van der Waals surface area contributed by atoms with Crippen LogP contribution in [0.5, 0.6) is 0 Å². The molecule has 1 aromatic heterocycles. The predicted molar refractivity (Wildman–Crippen MR) is 140 cm³/mol. The molecule has 0 amide bonds. The molecular formula is C29H57N2O2+. The molecule has 0 fully saturated rings. The summed E-state index contributed by atoms with van der Waals surface area (Å²) < 4.78 is 15.9. The second-order valence-electron chi connectivity index (χ2n) is 9.88. The normalized spacial score (nSPS) is 11.5. The Morgan fingerprint density at radius 1 is 0.545 bits per heavy atom. The highest BCUT2D eigenvalue weighted by Crippen LogP contribution is 2.11. The number of aromatic nitrogens is 2. The average Bonchev–Trinajstić information content (AvgIpc) is 3.28. The van der Waals surface area contributed by atoms with Crippen LogP contribution in [0.1, 0.15) is 142 Å². The first-order valence-corrected chi connectivity index (χ1v) is 14.6. The summed E-state index contributed by atoms with van der Waals surface area (Å²) in [5.74, 6) is 0. The van der Waals surface area contributed by atoms with Gasteiger partial charge in [0.25, 0.3) is 0 Å². The minimum atomic E-state index is 0.642. The van der Waals surface area contributed by atoms with E-state index in [1.54, 1.807) is 0 Å². The molecule has 0 saturated heterocycles. The maximum absolute atomic E-state index is 5.83. The van der Waals surface area contributed by atoms with Gasteiger partial charge < -0.3 is 9.47 Å². The lowest BCUT2D eigenvalue weighted by molar-refractivity contribution is -0.732. The van der Waals surface area contributed by atoms with E-state index in [1.165, 1.54) is 128 Å². The Labute approximate surface area is 206 Å². The number of rotatable bonds is 26. The first kappa shape index (κ1) is 30.2. The Bertz CT molecular complexity index is 461. The highest BCUT2D eigenvalue weighted by Gasteiger charge is 2.03. The molecule has 1 heterocycles. The van der Waals surface area contributed by atoms with Crippen molar-refractivity contribution in [2.75, 3.05) is 13.2 Å². The van der Waals surface area contributed by atoms with Crippen LogP contribution in [0.2, 0.25) is 0 Å². The highest BCUT2D eigenvalue weighted by atomic mass is 16.5. The third-order valence-corrected chi connectivity index (χ3v) is 6.51. The van der Waals surface area contributed by atoms with Gasteiger partial charge in [-0.15, -0.1) is 0 Å². The molecule has 1 rings (SSSR count). The monoisotopic (exact) mass is 465 g/mol. The third kappa shape index (κ3) is 20.2. The second kappa shape index (κ2) is 24.3. The maximum Gasteiger partial charge on any atom is 0.247 e. The number of ether oxygens (including phenoxy) is 2. The van der Waals surface area contributed by atoms with Crippen molar-refractivity contribution in [2.45, 2.75) is 156 Å². The zero-order chi connectivity index (χ0) is 23.7. The van der Waals surface area contributed by atoms with Crippen LogP contribution in [0.3, 0.4) is 0 Å². The molecule has 194 valence electrons. The standard InChI is InChI=1S/C29H57N2O2/c1-3-5-7-9-11-13-15-17-19-21-25-32-28-30-23-24-31(27-30)29-33-26-22-20-18-16-14-12-10-8-6-4-2/h23-24,27H,3-22,25-26,28-29H2,1-2H3/q+1. The number of imidazole rings is 1. The van der Waals surface area contributed by atoms with E-state index in [0.717, 1.165) is 13.2 Å². The van der Waals surface area contributed by atoms with E-state index in [0.29, 0.717) is 13.5 Å². The predicted octanol–water partition coefficient (Wildman–Crippen LogP) is 8.57. The molecule has 0 spiro atoms.